The first-order chi connectivity index (χ1) is 13.3. The van der Waals surface area contributed by atoms with Gasteiger partial charge in [-0.2, -0.15) is 0 Å². The van der Waals surface area contributed by atoms with Crippen molar-refractivity contribution >= 4 is 35.0 Å². The van der Waals surface area contributed by atoms with E-state index in [0.29, 0.717) is 0 Å². The average Bonchev–Trinajstić information content (AvgIpc) is 2.76. The van der Waals surface area contributed by atoms with Crippen LogP contribution in [0.3, 0.4) is 0 Å². The lowest BCUT2D eigenvalue weighted by atomic mass is 10.3. The van der Waals surface area contributed by atoms with Gasteiger partial charge in [-0.3, -0.25) is 0 Å². The van der Waals surface area contributed by atoms with Crippen molar-refractivity contribution in [2.75, 3.05) is 0 Å². The standard InChI is InChI=1S/C24H19BrS2/c25-27(22-12-6-2-7-13-22,23-14-8-3-9-15-23)24-18-16-21(17-19-24)26-20-10-4-1-5-11-20/h1-19H. The van der Waals surface area contributed by atoms with Crippen LogP contribution in [-0.4, -0.2) is 0 Å². The number of halogens is 1. The highest BCUT2D eigenvalue weighted by atomic mass is 79.9. The van der Waals surface area contributed by atoms with Gasteiger partial charge in [-0.05, 0) is 75.5 Å². The highest BCUT2D eigenvalue weighted by molar-refractivity contribution is 9.58. The van der Waals surface area contributed by atoms with E-state index in [0.717, 1.165) is 0 Å². The number of hydrogen-bond acceptors (Lipinski definition) is 1. The minimum Gasteiger partial charge on any atom is -0.101 e. The van der Waals surface area contributed by atoms with Crippen molar-refractivity contribution < 1.29 is 0 Å². The van der Waals surface area contributed by atoms with Crippen LogP contribution in [0.1, 0.15) is 0 Å². The van der Waals surface area contributed by atoms with Crippen molar-refractivity contribution in [3.63, 3.8) is 0 Å². The maximum absolute atomic E-state index is 4.18. The molecule has 4 aromatic rings. The summed E-state index contributed by atoms with van der Waals surface area (Å²) in [4.78, 5) is 6.42. The van der Waals surface area contributed by atoms with Crippen LogP contribution in [0.4, 0.5) is 0 Å². The maximum atomic E-state index is 4.18. The summed E-state index contributed by atoms with van der Waals surface area (Å²) in [6, 6.07) is 40.9. The second-order valence-electron chi connectivity index (χ2n) is 6.05. The van der Waals surface area contributed by atoms with Crippen molar-refractivity contribution in [1.29, 1.82) is 0 Å². The van der Waals surface area contributed by atoms with Crippen LogP contribution in [0, 0.1) is 0 Å². The monoisotopic (exact) mass is 450 g/mol. The number of hydrogen-bond donors (Lipinski definition) is 0. The lowest BCUT2D eigenvalue weighted by Crippen LogP contribution is -1.96. The van der Waals surface area contributed by atoms with Gasteiger partial charge in [-0.25, -0.2) is 0 Å². The fraction of sp³-hybridized carbons (Fsp3) is 0. The summed E-state index contributed by atoms with van der Waals surface area (Å²) in [7, 11) is -1.46. The number of rotatable bonds is 5. The summed E-state index contributed by atoms with van der Waals surface area (Å²) in [5, 5.41) is 0. The quantitative estimate of drug-likeness (QED) is 0.293. The SMILES string of the molecule is BrS(c1ccccc1)(c1ccccc1)c1ccc(Sc2ccccc2)cc1. The van der Waals surface area contributed by atoms with E-state index >= 15 is 0 Å². The Hall–Kier alpha value is -1.94. The van der Waals surface area contributed by atoms with Crippen LogP contribution >= 0.6 is 35.0 Å². The van der Waals surface area contributed by atoms with E-state index in [9.17, 15) is 0 Å². The van der Waals surface area contributed by atoms with Crippen LogP contribution in [0.5, 0.6) is 0 Å². The van der Waals surface area contributed by atoms with Gasteiger partial charge >= 0.3 is 0 Å². The Kier molecular flexibility index (Phi) is 5.72. The van der Waals surface area contributed by atoms with E-state index < -0.39 is 8.46 Å². The van der Waals surface area contributed by atoms with Gasteiger partial charge in [0.05, 0.1) is 0 Å². The zero-order valence-corrected chi connectivity index (χ0v) is 17.9. The maximum Gasteiger partial charge on any atom is 0.0123 e. The molecule has 27 heavy (non-hydrogen) atoms. The minimum absolute atomic E-state index is 1.25. The fourth-order valence-corrected chi connectivity index (χ4v) is 8.12. The highest BCUT2D eigenvalue weighted by Crippen LogP contribution is 2.73. The first-order valence-corrected chi connectivity index (χ1v) is 13.0. The van der Waals surface area contributed by atoms with Gasteiger partial charge in [-0.1, -0.05) is 66.4 Å². The molecule has 0 N–H and O–H groups in total. The van der Waals surface area contributed by atoms with Crippen molar-refractivity contribution in [3.05, 3.63) is 115 Å². The van der Waals surface area contributed by atoms with Crippen LogP contribution in [0.25, 0.3) is 0 Å². The smallest absolute Gasteiger partial charge is 0.0123 e. The molecule has 0 saturated heterocycles. The van der Waals surface area contributed by atoms with Crippen LogP contribution in [-0.2, 0) is 0 Å². The molecule has 0 heterocycles. The van der Waals surface area contributed by atoms with Crippen LogP contribution < -0.4 is 0 Å². The summed E-state index contributed by atoms with van der Waals surface area (Å²) < 4.78 is 0. The van der Waals surface area contributed by atoms with Gasteiger partial charge in [0.1, 0.15) is 0 Å². The Morgan fingerprint density at radius 3 is 1.30 bits per heavy atom. The molecule has 0 saturated carbocycles. The van der Waals surface area contributed by atoms with Crippen molar-refractivity contribution in [2.24, 2.45) is 0 Å². The summed E-state index contributed by atoms with van der Waals surface area (Å²) in [6.07, 6.45) is 0. The molecule has 0 atom stereocenters. The third kappa shape index (κ3) is 4.01. The van der Waals surface area contributed by atoms with Crippen LogP contribution in [0.2, 0.25) is 0 Å². The molecule has 0 radical (unpaired) electrons. The van der Waals surface area contributed by atoms with E-state index in [4.69, 9.17) is 0 Å². The molecular weight excluding hydrogens is 432 g/mol. The average molecular weight is 451 g/mol. The largest absolute Gasteiger partial charge is 0.101 e. The Labute approximate surface area is 174 Å². The number of benzene rings is 4. The van der Waals surface area contributed by atoms with E-state index in [-0.39, 0.29) is 0 Å². The Morgan fingerprint density at radius 2 is 0.815 bits per heavy atom. The molecule has 0 aliphatic heterocycles. The Balaban J connectivity index is 1.73. The second-order valence-corrected chi connectivity index (χ2v) is 12.6. The molecule has 134 valence electrons. The molecular formula is C24H19BrS2. The Bertz CT molecular complexity index is 945. The third-order valence-electron chi connectivity index (χ3n) is 4.26. The summed E-state index contributed by atoms with van der Waals surface area (Å²) in [5.41, 5.74) is 0. The lowest BCUT2D eigenvalue weighted by molar-refractivity contribution is 1.29. The van der Waals surface area contributed by atoms with E-state index in [1.54, 1.807) is 11.8 Å². The molecule has 0 fully saturated rings. The fourth-order valence-electron chi connectivity index (χ4n) is 2.94. The topological polar surface area (TPSA) is 0 Å². The van der Waals surface area contributed by atoms with E-state index in [1.165, 1.54) is 24.5 Å². The molecule has 0 amide bonds. The Morgan fingerprint density at radius 1 is 0.444 bits per heavy atom. The van der Waals surface area contributed by atoms with Gasteiger partial charge in [0.25, 0.3) is 0 Å². The highest BCUT2D eigenvalue weighted by Gasteiger charge is 2.27. The van der Waals surface area contributed by atoms with Gasteiger partial charge < -0.3 is 0 Å². The van der Waals surface area contributed by atoms with Crippen molar-refractivity contribution in [1.82, 2.24) is 0 Å². The summed E-state index contributed by atoms with van der Waals surface area (Å²) >= 11 is 5.97. The first kappa shape index (κ1) is 18.4. The van der Waals surface area contributed by atoms with Crippen molar-refractivity contribution in [3.8, 4) is 0 Å². The molecule has 0 aliphatic carbocycles. The predicted octanol–water partition coefficient (Wildman–Crippen LogP) is 8.43. The molecule has 0 bridgehead atoms. The van der Waals surface area contributed by atoms with Gasteiger partial charge in [0.15, 0.2) is 0 Å². The van der Waals surface area contributed by atoms with E-state index in [2.05, 4.69) is 130 Å². The lowest BCUT2D eigenvalue weighted by Gasteiger charge is -2.35. The first-order valence-electron chi connectivity index (χ1n) is 8.73. The van der Waals surface area contributed by atoms with Gasteiger partial charge in [0, 0.05) is 24.5 Å². The minimum atomic E-state index is -1.46. The third-order valence-corrected chi connectivity index (χ3v) is 11.4. The molecule has 4 rings (SSSR count). The molecule has 0 nitrogen and oxygen atoms in total. The van der Waals surface area contributed by atoms with Crippen LogP contribution in [0.15, 0.2) is 140 Å². The molecule has 0 spiro atoms. The zero-order valence-electron chi connectivity index (χ0n) is 14.7. The van der Waals surface area contributed by atoms with Crippen molar-refractivity contribution in [2.45, 2.75) is 24.5 Å². The second kappa shape index (κ2) is 8.39. The molecule has 0 unspecified atom stereocenters. The summed E-state index contributed by atoms with van der Waals surface area (Å²) in [6.45, 7) is 0. The molecule has 0 aromatic heterocycles. The molecule has 0 aliphatic rings. The molecule has 4 aromatic carbocycles. The molecule has 3 heteroatoms. The van der Waals surface area contributed by atoms with Gasteiger partial charge in [0.2, 0.25) is 0 Å². The van der Waals surface area contributed by atoms with Gasteiger partial charge in [-0.15, -0.1) is 8.46 Å². The summed E-state index contributed by atoms with van der Waals surface area (Å²) in [5.74, 6) is 0. The zero-order chi connectivity index (χ0) is 18.5. The van der Waals surface area contributed by atoms with E-state index in [1.807, 2.05) is 0 Å². The predicted molar refractivity (Wildman–Crippen MR) is 121 cm³/mol. The normalized spacial score (nSPS) is 11.9.